The van der Waals surface area contributed by atoms with E-state index in [4.69, 9.17) is 0 Å². The summed E-state index contributed by atoms with van der Waals surface area (Å²) in [5, 5.41) is 20.5. The van der Waals surface area contributed by atoms with Gasteiger partial charge in [-0.15, -0.1) is 0 Å². The van der Waals surface area contributed by atoms with Crippen molar-refractivity contribution in [2.45, 2.75) is 13.3 Å². The minimum Gasteiger partial charge on any atom is -0.370 e. The van der Waals surface area contributed by atoms with E-state index >= 15 is 0 Å². The average molecular weight is 278 g/mol. The molecule has 9 heteroatoms. The largest absolute Gasteiger partial charge is 0.370 e. The van der Waals surface area contributed by atoms with Gasteiger partial charge in [-0.3, -0.25) is 10.1 Å². The fraction of sp³-hybridized carbons (Fsp3) is 0.364. The lowest BCUT2D eigenvalue weighted by atomic mass is 10.3. The number of rotatable bonds is 7. The molecule has 2 N–H and O–H groups in total. The first-order valence-corrected chi connectivity index (χ1v) is 6.09. The Morgan fingerprint density at radius 2 is 2.25 bits per heavy atom. The first-order chi connectivity index (χ1) is 9.70. The second-order valence-corrected chi connectivity index (χ2v) is 3.88. The lowest BCUT2D eigenvalue weighted by Gasteiger charge is -2.08. The molecule has 0 radical (unpaired) electrons. The molecular weight excluding hydrogens is 264 g/mol. The molecule has 20 heavy (non-hydrogen) atoms. The van der Waals surface area contributed by atoms with E-state index in [1.807, 2.05) is 6.92 Å². The van der Waals surface area contributed by atoms with Crippen molar-refractivity contribution in [1.82, 2.24) is 15.1 Å². The van der Waals surface area contributed by atoms with Crippen molar-refractivity contribution in [2.24, 2.45) is 0 Å². The maximum absolute atomic E-state index is 10.9. The van der Waals surface area contributed by atoms with Crippen LogP contribution in [0.15, 0.2) is 23.0 Å². The zero-order valence-corrected chi connectivity index (χ0v) is 10.9. The van der Waals surface area contributed by atoms with Crippen molar-refractivity contribution >= 4 is 17.3 Å². The third-order valence-electron chi connectivity index (χ3n) is 2.48. The molecule has 0 unspecified atom stereocenters. The topological polar surface area (TPSA) is 119 Å². The molecule has 0 aliphatic rings. The van der Waals surface area contributed by atoms with Crippen LogP contribution in [-0.2, 0) is 6.42 Å². The van der Waals surface area contributed by atoms with E-state index in [9.17, 15) is 10.1 Å². The van der Waals surface area contributed by atoms with Gasteiger partial charge in [0, 0.05) is 25.6 Å². The van der Waals surface area contributed by atoms with Crippen LogP contribution in [0.3, 0.4) is 0 Å². The van der Waals surface area contributed by atoms with Crippen LogP contribution in [0.4, 0.5) is 17.3 Å². The number of pyridine rings is 1. The molecule has 0 spiro atoms. The predicted octanol–water partition coefficient (Wildman–Crippen LogP) is 1.46. The summed E-state index contributed by atoms with van der Waals surface area (Å²) in [6.07, 6.45) is 1.72. The summed E-state index contributed by atoms with van der Waals surface area (Å²) in [4.78, 5) is 18.5. The quantitative estimate of drug-likeness (QED) is 0.577. The van der Waals surface area contributed by atoms with Gasteiger partial charge in [0.2, 0.25) is 12.2 Å². The standard InChI is InChI=1S/C11H14N6O3/c1-2-12-9-4-3-8(17(18)19)11(15-9)13-6-5-10-14-7-20-16-10/h3-4,7H,2,5-6H2,1H3,(H2,12,13,15). The van der Waals surface area contributed by atoms with Crippen LogP contribution in [0.5, 0.6) is 0 Å². The fourth-order valence-corrected chi connectivity index (χ4v) is 1.60. The highest BCUT2D eigenvalue weighted by molar-refractivity contribution is 5.60. The summed E-state index contributed by atoms with van der Waals surface area (Å²) in [5.41, 5.74) is -0.0697. The average Bonchev–Trinajstić information content (AvgIpc) is 2.92. The van der Waals surface area contributed by atoms with Crippen LogP contribution in [-0.4, -0.2) is 33.1 Å². The van der Waals surface area contributed by atoms with Crippen molar-refractivity contribution in [3.63, 3.8) is 0 Å². The van der Waals surface area contributed by atoms with Crippen LogP contribution in [0, 0.1) is 10.1 Å². The number of aromatic nitrogens is 3. The van der Waals surface area contributed by atoms with E-state index in [2.05, 4.69) is 30.3 Å². The first kappa shape index (κ1) is 13.7. The lowest BCUT2D eigenvalue weighted by molar-refractivity contribution is -0.384. The zero-order chi connectivity index (χ0) is 14.4. The van der Waals surface area contributed by atoms with E-state index in [0.29, 0.717) is 31.2 Å². The molecule has 2 aromatic heterocycles. The molecule has 106 valence electrons. The Balaban J connectivity index is 2.06. The molecule has 0 saturated carbocycles. The van der Waals surface area contributed by atoms with E-state index < -0.39 is 4.92 Å². The van der Waals surface area contributed by atoms with Crippen LogP contribution >= 0.6 is 0 Å². The Morgan fingerprint density at radius 1 is 1.40 bits per heavy atom. The number of nitrogens with zero attached hydrogens (tertiary/aromatic N) is 4. The minimum absolute atomic E-state index is 0.0697. The smallest absolute Gasteiger partial charge is 0.311 e. The summed E-state index contributed by atoms with van der Waals surface area (Å²) < 4.78 is 4.61. The third-order valence-corrected chi connectivity index (χ3v) is 2.48. The summed E-state index contributed by atoms with van der Waals surface area (Å²) >= 11 is 0. The number of hydrogen-bond donors (Lipinski definition) is 2. The van der Waals surface area contributed by atoms with E-state index in [0.717, 1.165) is 0 Å². The van der Waals surface area contributed by atoms with Crippen LogP contribution in [0.1, 0.15) is 12.7 Å². The molecule has 0 fully saturated rings. The highest BCUT2D eigenvalue weighted by Gasteiger charge is 2.15. The Bertz CT molecular complexity index is 572. The predicted molar refractivity (Wildman–Crippen MR) is 71.5 cm³/mol. The Hall–Kier alpha value is -2.71. The number of anilines is 2. The summed E-state index contributed by atoms with van der Waals surface area (Å²) in [6, 6.07) is 2.99. The van der Waals surface area contributed by atoms with Crippen molar-refractivity contribution in [3.8, 4) is 0 Å². The number of nitro groups is 1. The first-order valence-electron chi connectivity index (χ1n) is 6.09. The summed E-state index contributed by atoms with van der Waals surface area (Å²) in [5.74, 6) is 1.33. The molecule has 0 aromatic carbocycles. The molecule has 2 rings (SSSR count). The van der Waals surface area contributed by atoms with E-state index in [1.54, 1.807) is 6.07 Å². The van der Waals surface area contributed by atoms with Crippen molar-refractivity contribution in [2.75, 3.05) is 23.7 Å². The molecule has 2 aromatic rings. The van der Waals surface area contributed by atoms with Crippen molar-refractivity contribution in [1.29, 1.82) is 0 Å². The lowest BCUT2D eigenvalue weighted by Crippen LogP contribution is -2.10. The molecule has 0 amide bonds. The van der Waals surface area contributed by atoms with Gasteiger partial charge in [0.15, 0.2) is 5.82 Å². The molecule has 0 bridgehead atoms. The Labute approximate surface area is 114 Å². The second-order valence-electron chi connectivity index (χ2n) is 3.88. The van der Waals surface area contributed by atoms with Gasteiger partial charge in [0.05, 0.1) is 4.92 Å². The highest BCUT2D eigenvalue weighted by atomic mass is 16.6. The van der Waals surface area contributed by atoms with Gasteiger partial charge in [0.1, 0.15) is 5.82 Å². The number of hydrogen-bond acceptors (Lipinski definition) is 8. The second kappa shape index (κ2) is 6.45. The van der Waals surface area contributed by atoms with Gasteiger partial charge in [-0.2, -0.15) is 4.98 Å². The molecule has 0 aliphatic carbocycles. The SMILES string of the molecule is CCNc1ccc([N+](=O)[O-])c(NCCc2ncon2)n1. The van der Waals surface area contributed by atoms with Crippen LogP contribution < -0.4 is 10.6 Å². The van der Waals surface area contributed by atoms with E-state index in [-0.39, 0.29) is 11.5 Å². The van der Waals surface area contributed by atoms with E-state index in [1.165, 1.54) is 12.5 Å². The normalized spacial score (nSPS) is 10.2. The Morgan fingerprint density at radius 3 is 2.90 bits per heavy atom. The molecule has 0 saturated heterocycles. The molecule has 0 aliphatic heterocycles. The van der Waals surface area contributed by atoms with Gasteiger partial charge in [-0.25, -0.2) is 4.98 Å². The third kappa shape index (κ3) is 3.40. The maximum Gasteiger partial charge on any atom is 0.311 e. The summed E-state index contributed by atoms with van der Waals surface area (Å²) in [6.45, 7) is 3.03. The van der Waals surface area contributed by atoms with Gasteiger partial charge in [-0.05, 0) is 13.0 Å². The van der Waals surface area contributed by atoms with Crippen LogP contribution in [0.25, 0.3) is 0 Å². The van der Waals surface area contributed by atoms with Crippen LogP contribution in [0.2, 0.25) is 0 Å². The van der Waals surface area contributed by atoms with Crippen molar-refractivity contribution in [3.05, 3.63) is 34.5 Å². The number of nitrogens with one attached hydrogen (secondary N) is 2. The molecule has 2 heterocycles. The molecule has 9 nitrogen and oxygen atoms in total. The van der Waals surface area contributed by atoms with Gasteiger partial charge >= 0.3 is 5.69 Å². The Kier molecular flexibility index (Phi) is 4.43. The van der Waals surface area contributed by atoms with Gasteiger partial charge < -0.3 is 15.2 Å². The van der Waals surface area contributed by atoms with Crippen molar-refractivity contribution < 1.29 is 9.45 Å². The zero-order valence-electron chi connectivity index (χ0n) is 10.9. The maximum atomic E-state index is 10.9. The minimum atomic E-state index is -0.473. The van der Waals surface area contributed by atoms with Gasteiger partial charge in [-0.1, -0.05) is 5.16 Å². The highest BCUT2D eigenvalue weighted by Crippen LogP contribution is 2.23. The monoisotopic (exact) mass is 278 g/mol. The molecule has 0 atom stereocenters. The summed E-state index contributed by atoms with van der Waals surface area (Å²) in [7, 11) is 0. The molecular formula is C11H14N6O3. The van der Waals surface area contributed by atoms with Gasteiger partial charge in [0.25, 0.3) is 0 Å². The fourth-order valence-electron chi connectivity index (χ4n) is 1.60.